The van der Waals surface area contributed by atoms with Gasteiger partial charge < -0.3 is 9.73 Å². The van der Waals surface area contributed by atoms with Gasteiger partial charge in [0.15, 0.2) is 0 Å². The second-order valence-corrected chi connectivity index (χ2v) is 5.78. The predicted octanol–water partition coefficient (Wildman–Crippen LogP) is 3.92. The summed E-state index contributed by atoms with van der Waals surface area (Å²) in [5, 5.41) is 14.2. The van der Waals surface area contributed by atoms with E-state index in [1.54, 1.807) is 25.1 Å². The summed E-state index contributed by atoms with van der Waals surface area (Å²) < 4.78 is 5.08. The van der Waals surface area contributed by atoms with E-state index < -0.39 is 16.5 Å². The Kier molecular flexibility index (Phi) is 4.24. The average Bonchev–Trinajstić information content (AvgIpc) is 2.57. The zero-order chi connectivity index (χ0) is 18.1. The van der Waals surface area contributed by atoms with Gasteiger partial charge in [-0.1, -0.05) is 17.7 Å². The minimum Gasteiger partial charge on any atom is -0.422 e. The van der Waals surface area contributed by atoms with E-state index in [9.17, 15) is 19.7 Å². The summed E-state index contributed by atoms with van der Waals surface area (Å²) in [5.74, 6) is -0.687. The zero-order valence-electron chi connectivity index (χ0n) is 12.9. The Bertz CT molecular complexity index is 1070. The van der Waals surface area contributed by atoms with Crippen LogP contribution in [0.2, 0.25) is 5.02 Å². The van der Waals surface area contributed by atoms with Gasteiger partial charge in [0.05, 0.1) is 4.92 Å². The van der Waals surface area contributed by atoms with E-state index in [1.807, 2.05) is 0 Å². The Balaban J connectivity index is 2.03. The first-order valence-electron chi connectivity index (χ1n) is 7.15. The number of nitro groups is 1. The first kappa shape index (κ1) is 16.7. The topological polar surface area (TPSA) is 102 Å². The number of halogens is 1. The molecule has 0 spiro atoms. The lowest BCUT2D eigenvalue weighted by molar-refractivity contribution is -0.384. The van der Waals surface area contributed by atoms with Gasteiger partial charge in [0.1, 0.15) is 11.1 Å². The lowest BCUT2D eigenvalue weighted by atomic mass is 10.1. The first-order valence-corrected chi connectivity index (χ1v) is 7.53. The van der Waals surface area contributed by atoms with Crippen LogP contribution in [0.25, 0.3) is 11.0 Å². The molecular formula is C17H11ClN2O5. The van der Waals surface area contributed by atoms with Crippen LogP contribution in [0.15, 0.2) is 51.7 Å². The van der Waals surface area contributed by atoms with Crippen LogP contribution in [0, 0.1) is 17.0 Å². The highest BCUT2D eigenvalue weighted by molar-refractivity contribution is 6.31. The number of nitrogens with one attached hydrogen (secondary N) is 1. The molecule has 2 aromatic carbocycles. The smallest absolute Gasteiger partial charge is 0.349 e. The van der Waals surface area contributed by atoms with Crippen LogP contribution in [-0.2, 0) is 0 Å². The maximum absolute atomic E-state index is 12.4. The van der Waals surface area contributed by atoms with Gasteiger partial charge in [-0.25, -0.2) is 4.79 Å². The van der Waals surface area contributed by atoms with Crippen molar-refractivity contribution < 1.29 is 14.1 Å². The van der Waals surface area contributed by atoms with Gasteiger partial charge in [-0.2, -0.15) is 0 Å². The fraction of sp³-hybridized carbons (Fsp3) is 0.0588. The minimum atomic E-state index is -0.835. The lowest BCUT2D eigenvalue weighted by Crippen LogP contribution is -2.21. The molecule has 0 atom stereocenters. The number of nitrogens with zero attached hydrogens (tertiary/aromatic N) is 1. The van der Waals surface area contributed by atoms with Crippen LogP contribution in [-0.4, -0.2) is 10.8 Å². The number of rotatable bonds is 3. The van der Waals surface area contributed by atoms with E-state index in [1.165, 1.54) is 24.3 Å². The molecule has 1 N–H and O–H groups in total. The monoisotopic (exact) mass is 358 g/mol. The number of aryl methyl sites for hydroxylation is 1. The molecule has 1 amide bonds. The van der Waals surface area contributed by atoms with Gasteiger partial charge in [0, 0.05) is 28.2 Å². The van der Waals surface area contributed by atoms with E-state index in [0.717, 1.165) is 5.56 Å². The van der Waals surface area contributed by atoms with Crippen molar-refractivity contribution in [2.24, 2.45) is 0 Å². The zero-order valence-corrected chi connectivity index (χ0v) is 13.7. The van der Waals surface area contributed by atoms with Crippen LogP contribution in [0.1, 0.15) is 15.9 Å². The van der Waals surface area contributed by atoms with Gasteiger partial charge in [-0.15, -0.1) is 0 Å². The van der Waals surface area contributed by atoms with Crippen LogP contribution in [0.5, 0.6) is 0 Å². The molecule has 0 unspecified atom stereocenters. The molecule has 0 saturated carbocycles. The highest BCUT2D eigenvalue weighted by Crippen LogP contribution is 2.23. The molecule has 0 aliphatic rings. The summed E-state index contributed by atoms with van der Waals surface area (Å²) >= 11 is 5.91. The normalized spacial score (nSPS) is 10.6. The number of nitro benzene ring substituents is 1. The fourth-order valence-electron chi connectivity index (χ4n) is 2.30. The van der Waals surface area contributed by atoms with E-state index in [4.69, 9.17) is 16.0 Å². The van der Waals surface area contributed by atoms with E-state index >= 15 is 0 Å². The lowest BCUT2D eigenvalue weighted by Gasteiger charge is -2.08. The molecular weight excluding hydrogens is 348 g/mol. The molecule has 3 aromatic rings. The van der Waals surface area contributed by atoms with Crippen molar-refractivity contribution >= 4 is 39.9 Å². The standard InChI is InChI=1S/C17H11ClN2O5/c1-9-2-3-11(18)8-14(9)19-16(21)13-7-10-6-12(20(23)24)4-5-15(10)25-17(13)22/h2-8H,1H3,(H,19,21). The Morgan fingerprint density at radius 1 is 1.20 bits per heavy atom. The third kappa shape index (κ3) is 3.36. The number of carbonyl (C=O) groups is 1. The van der Waals surface area contributed by atoms with Crippen LogP contribution < -0.4 is 10.9 Å². The van der Waals surface area contributed by atoms with Crippen molar-refractivity contribution in [3.63, 3.8) is 0 Å². The first-order chi connectivity index (χ1) is 11.8. The summed E-state index contributed by atoms with van der Waals surface area (Å²) in [5.41, 5.74) is 0.116. The largest absolute Gasteiger partial charge is 0.422 e. The number of non-ortho nitro benzene ring substituents is 1. The van der Waals surface area contributed by atoms with Crippen molar-refractivity contribution in [3.8, 4) is 0 Å². The minimum absolute atomic E-state index is 0.158. The summed E-state index contributed by atoms with van der Waals surface area (Å²) in [6.07, 6.45) is 0. The SMILES string of the molecule is Cc1ccc(Cl)cc1NC(=O)c1cc2cc([N+](=O)[O-])ccc2oc1=O. The van der Waals surface area contributed by atoms with Gasteiger partial charge in [-0.3, -0.25) is 14.9 Å². The Morgan fingerprint density at radius 2 is 1.96 bits per heavy atom. The molecule has 0 bridgehead atoms. The molecule has 0 aliphatic heterocycles. The third-order valence-corrected chi connectivity index (χ3v) is 3.85. The molecule has 0 fully saturated rings. The summed E-state index contributed by atoms with van der Waals surface area (Å²) in [6, 6.07) is 10.0. The van der Waals surface area contributed by atoms with Gasteiger partial charge in [0.25, 0.3) is 11.6 Å². The predicted molar refractivity (Wildman–Crippen MR) is 93.3 cm³/mol. The molecule has 7 nitrogen and oxygen atoms in total. The number of hydrogen-bond acceptors (Lipinski definition) is 5. The fourth-order valence-corrected chi connectivity index (χ4v) is 2.47. The molecule has 3 rings (SSSR count). The molecule has 25 heavy (non-hydrogen) atoms. The van der Waals surface area contributed by atoms with Crippen molar-refractivity contribution in [2.45, 2.75) is 6.92 Å². The van der Waals surface area contributed by atoms with Crippen molar-refractivity contribution in [2.75, 3.05) is 5.32 Å². The van der Waals surface area contributed by atoms with Gasteiger partial charge in [0.2, 0.25) is 0 Å². The molecule has 8 heteroatoms. The van der Waals surface area contributed by atoms with Gasteiger partial charge in [-0.05, 0) is 36.8 Å². The number of carbonyl (C=O) groups excluding carboxylic acids is 1. The molecule has 0 radical (unpaired) electrons. The molecule has 1 aromatic heterocycles. The Labute approximate surface area is 146 Å². The second-order valence-electron chi connectivity index (χ2n) is 5.34. The highest BCUT2D eigenvalue weighted by atomic mass is 35.5. The van der Waals surface area contributed by atoms with E-state index in [-0.39, 0.29) is 22.2 Å². The Hall–Kier alpha value is -3.19. The van der Waals surface area contributed by atoms with E-state index in [2.05, 4.69) is 5.32 Å². The van der Waals surface area contributed by atoms with Crippen molar-refractivity contribution in [3.05, 3.63) is 79.1 Å². The van der Waals surface area contributed by atoms with Crippen LogP contribution in [0.4, 0.5) is 11.4 Å². The number of amides is 1. The Morgan fingerprint density at radius 3 is 2.68 bits per heavy atom. The van der Waals surface area contributed by atoms with Crippen LogP contribution >= 0.6 is 11.6 Å². The van der Waals surface area contributed by atoms with Crippen molar-refractivity contribution in [1.82, 2.24) is 0 Å². The average molecular weight is 359 g/mol. The molecule has 126 valence electrons. The van der Waals surface area contributed by atoms with Crippen molar-refractivity contribution in [1.29, 1.82) is 0 Å². The second kappa shape index (κ2) is 6.37. The number of hydrogen-bond donors (Lipinski definition) is 1. The maximum atomic E-state index is 12.4. The number of benzene rings is 2. The van der Waals surface area contributed by atoms with E-state index in [0.29, 0.717) is 10.7 Å². The molecule has 0 saturated heterocycles. The number of fused-ring (bicyclic) bond motifs is 1. The summed E-state index contributed by atoms with van der Waals surface area (Å²) in [7, 11) is 0. The van der Waals surface area contributed by atoms with Crippen LogP contribution in [0.3, 0.4) is 0 Å². The van der Waals surface area contributed by atoms with Gasteiger partial charge >= 0.3 is 5.63 Å². The number of anilines is 1. The quantitative estimate of drug-likeness (QED) is 0.434. The summed E-state index contributed by atoms with van der Waals surface area (Å²) in [4.78, 5) is 34.8. The molecule has 1 heterocycles. The highest BCUT2D eigenvalue weighted by Gasteiger charge is 2.16. The summed E-state index contributed by atoms with van der Waals surface area (Å²) in [6.45, 7) is 1.78. The third-order valence-electron chi connectivity index (χ3n) is 3.62. The maximum Gasteiger partial charge on any atom is 0.349 e. The molecule has 0 aliphatic carbocycles.